The molecule has 1 saturated carbocycles. The van der Waals surface area contributed by atoms with Crippen molar-refractivity contribution < 1.29 is 4.74 Å². The predicted octanol–water partition coefficient (Wildman–Crippen LogP) is 0.773. The topological polar surface area (TPSA) is 21.3 Å². The number of ether oxygens (including phenoxy) is 1. The van der Waals surface area contributed by atoms with Crippen molar-refractivity contribution in [1.29, 1.82) is 0 Å². The molecule has 2 aliphatic rings. The van der Waals surface area contributed by atoms with Gasteiger partial charge in [0, 0.05) is 19.7 Å². The van der Waals surface area contributed by atoms with Gasteiger partial charge in [0.2, 0.25) is 0 Å². The molecule has 3 unspecified atom stereocenters. The Morgan fingerprint density at radius 1 is 1.40 bits per heavy atom. The van der Waals surface area contributed by atoms with E-state index in [2.05, 4.69) is 5.32 Å². The summed E-state index contributed by atoms with van der Waals surface area (Å²) in [6.07, 6.45) is 4.47. The summed E-state index contributed by atoms with van der Waals surface area (Å²) in [5, 5.41) is 3.50. The number of rotatable bonds is 1. The second-order valence-electron chi connectivity index (χ2n) is 3.45. The van der Waals surface area contributed by atoms with Gasteiger partial charge in [-0.2, -0.15) is 0 Å². The normalized spacial score (nSPS) is 45.9. The third kappa shape index (κ3) is 0.956. The lowest BCUT2D eigenvalue weighted by Gasteiger charge is -2.26. The highest BCUT2D eigenvalue weighted by molar-refractivity contribution is 4.91. The second kappa shape index (κ2) is 2.51. The zero-order valence-electron chi connectivity index (χ0n) is 6.47. The lowest BCUT2D eigenvalue weighted by atomic mass is 9.88. The molecule has 2 bridgehead atoms. The molecular weight excluding hydrogens is 126 g/mol. The van der Waals surface area contributed by atoms with E-state index in [0.717, 1.165) is 12.0 Å². The summed E-state index contributed by atoms with van der Waals surface area (Å²) in [5.74, 6) is 0.809. The zero-order chi connectivity index (χ0) is 6.97. The molecule has 0 aromatic heterocycles. The molecule has 2 nitrogen and oxygen atoms in total. The highest BCUT2D eigenvalue weighted by atomic mass is 16.5. The lowest BCUT2D eigenvalue weighted by molar-refractivity contribution is 0.0387. The average Bonchev–Trinajstić information content (AvgIpc) is 2.34. The molecule has 2 rings (SSSR count). The molecule has 0 radical (unpaired) electrons. The van der Waals surface area contributed by atoms with Crippen molar-refractivity contribution in [3.8, 4) is 0 Å². The number of hydrogen-bond acceptors (Lipinski definition) is 2. The Balaban J connectivity index is 2.00. The van der Waals surface area contributed by atoms with Gasteiger partial charge >= 0.3 is 0 Å². The SMILES string of the molecule is COC1CCC2CC1CN2. The van der Waals surface area contributed by atoms with Crippen LogP contribution in [0, 0.1) is 5.92 Å². The van der Waals surface area contributed by atoms with Crippen molar-refractivity contribution in [1.82, 2.24) is 5.32 Å². The van der Waals surface area contributed by atoms with Gasteiger partial charge in [-0.15, -0.1) is 0 Å². The third-order valence-electron chi connectivity index (χ3n) is 2.88. The van der Waals surface area contributed by atoms with Crippen LogP contribution in [0.4, 0.5) is 0 Å². The monoisotopic (exact) mass is 141 g/mol. The molecule has 1 aliphatic carbocycles. The molecule has 1 saturated heterocycles. The van der Waals surface area contributed by atoms with Crippen molar-refractivity contribution in [3.05, 3.63) is 0 Å². The van der Waals surface area contributed by atoms with Crippen molar-refractivity contribution in [2.75, 3.05) is 13.7 Å². The molecule has 1 aliphatic heterocycles. The van der Waals surface area contributed by atoms with E-state index in [0.29, 0.717) is 6.10 Å². The van der Waals surface area contributed by atoms with Crippen LogP contribution in [0.3, 0.4) is 0 Å². The standard InChI is InChI=1S/C8H15NO/c1-10-8-3-2-7-4-6(8)5-9-7/h6-9H,2-5H2,1H3. The first-order valence-corrected chi connectivity index (χ1v) is 4.16. The quantitative estimate of drug-likeness (QED) is 0.582. The Bertz CT molecular complexity index is 126. The van der Waals surface area contributed by atoms with Crippen molar-refractivity contribution in [2.45, 2.75) is 31.4 Å². The van der Waals surface area contributed by atoms with E-state index in [1.807, 2.05) is 7.11 Å². The molecule has 3 atom stereocenters. The maximum absolute atomic E-state index is 5.38. The maximum atomic E-state index is 5.38. The molecular formula is C8H15NO. The molecule has 1 N–H and O–H groups in total. The fourth-order valence-electron chi connectivity index (χ4n) is 2.26. The van der Waals surface area contributed by atoms with Crippen LogP contribution in [0.25, 0.3) is 0 Å². The van der Waals surface area contributed by atoms with E-state index in [1.165, 1.54) is 25.8 Å². The maximum Gasteiger partial charge on any atom is 0.0612 e. The Hall–Kier alpha value is -0.0800. The molecule has 2 fully saturated rings. The summed E-state index contributed by atoms with van der Waals surface area (Å²) in [5.41, 5.74) is 0. The van der Waals surface area contributed by atoms with E-state index in [4.69, 9.17) is 4.74 Å². The van der Waals surface area contributed by atoms with Crippen LogP contribution in [0.2, 0.25) is 0 Å². The van der Waals surface area contributed by atoms with Gasteiger partial charge < -0.3 is 10.1 Å². The van der Waals surface area contributed by atoms with E-state index in [1.54, 1.807) is 0 Å². The largest absolute Gasteiger partial charge is 0.381 e. The van der Waals surface area contributed by atoms with Gasteiger partial charge in [-0.1, -0.05) is 0 Å². The highest BCUT2D eigenvalue weighted by Crippen LogP contribution is 2.30. The van der Waals surface area contributed by atoms with Crippen LogP contribution in [0.5, 0.6) is 0 Å². The van der Waals surface area contributed by atoms with Crippen molar-refractivity contribution in [2.24, 2.45) is 5.92 Å². The summed E-state index contributed by atoms with van der Waals surface area (Å²) in [7, 11) is 1.84. The van der Waals surface area contributed by atoms with Gasteiger partial charge in [-0.05, 0) is 25.2 Å². The molecule has 1 heterocycles. The zero-order valence-corrected chi connectivity index (χ0v) is 6.47. The number of nitrogens with one attached hydrogen (secondary N) is 1. The average molecular weight is 141 g/mol. The second-order valence-corrected chi connectivity index (χ2v) is 3.45. The smallest absolute Gasteiger partial charge is 0.0612 e. The fourth-order valence-corrected chi connectivity index (χ4v) is 2.26. The summed E-state index contributed by atoms with van der Waals surface area (Å²) >= 11 is 0. The number of fused-ring (bicyclic) bond motifs is 2. The Morgan fingerprint density at radius 3 is 3.10 bits per heavy atom. The highest BCUT2D eigenvalue weighted by Gasteiger charge is 2.35. The predicted molar refractivity (Wildman–Crippen MR) is 39.9 cm³/mol. The minimum Gasteiger partial charge on any atom is -0.381 e. The first-order chi connectivity index (χ1) is 4.90. The molecule has 2 heteroatoms. The van der Waals surface area contributed by atoms with Crippen LogP contribution in [0.1, 0.15) is 19.3 Å². The first kappa shape index (κ1) is 6.62. The molecule has 10 heavy (non-hydrogen) atoms. The third-order valence-corrected chi connectivity index (χ3v) is 2.88. The van der Waals surface area contributed by atoms with E-state index in [9.17, 15) is 0 Å². The van der Waals surface area contributed by atoms with Crippen molar-refractivity contribution in [3.63, 3.8) is 0 Å². The minimum atomic E-state index is 0.547. The Labute approximate surface area is 61.9 Å². The minimum absolute atomic E-state index is 0.547. The van der Waals surface area contributed by atoms with Gasteiger partial charge in [0.15, 0.2) is 0 Å². The number of methoxy groups -OCH3 is 1. The van der Waals surface area contributed by atoms with Crippen molar-refractivity contribution >= 4 is 0 Å². The van der Waals surface area contributed by atoms with Gasteiger partial charge in [0.1, 0.15) is 0 Å². The molecule has 0 amide bonds. The first-order valence-electron chi connectivity index (χ1n) is 4.16. The lowest BCUT2D eigenvalue weighted by Crippen LogP contribution is -2.27. The van der Waals surface area contributed by atoms with E-state index < -0.39 is 0 Å². The summed E-state index contributed by atoms with van der Waals surface area (Å²) < 4.78 is 5.38. The van der Waals surface area contributed by atoms with Gasteiger partial charge in [-0.25, -0.2) is 0 Å². The molecule has 0 aromatic carbocycles. The summed E-state index contributed by atoms with van der Waals surface area (Å²) in [6.45, 7) is 1.18. The van der Waals surface area contributed by atoms with Gasteiger partial charge in [-0.3, -0.25) is 0 Å². The Kier molecular flexibility index (Phi) is 1.66. The fraction of sp³-hybridized carbons (Fsp3) is 1.00. The van der Waals surface area contributed by atoms with Crippen LogP contribution in [0.15, 0.2) is 0 Å². The molecule has 0 spiro atoms. The molecule has 0 aromatic rings. The Morgan fingerprint density at radius 2 is 2.30 bits per heavy atom. The summed E-state index contributed by atoms with van der Waals surface area (Å²) in [6, 6.07) is 0.816. The van der Waals surface area contributed by atoms with Crippen LogP contribution in [-0.4, -0.2) is 25.8 Å². The molecule has 58 valence electrons. The summed E-state index contributed by atoms with van der Waals surface area (Å²) in [4.78, 5) is 0. The van der Waals surface area contributed by atoms with Crippen LogP contribution >= 0.6 is 0 Å². The van der Waals surface area contributed by atoms with E-state index in [-0.39, 0.29) is 0 Å². The van der Waals surface area contributed by atoms with Gasteiger partial charge in [0.25, 0.3) is 0 Å². The van der Waals surface area contributed by atoms with Crippen LogP contribution in [-0.2, 0) is 4.74 Å². The number of hydrogen-bond donors (Lipinski definition) is 1. The van der Waals surface area contributed by atoms with E-state index >= 15 is 0 Å². The van der Waals surface area contributed by atoms with Gasteiger partial charge in [0.05, 0.1) is 6.10 Å². The van der Waals surface area contributed by atoms with Crippen LogP contribution < -0.4 is 5.32 Å².